The predicted molar refractivity (Wildman–Crippen MR) is 77.7 cm³/mol. The third-order valence-corrected chi connectivity index (χ3v) is 4.91. The van der Waals surface area contributed by atoms with E-state index in [0.29, 0.717) is 10.6 Å². The molecule has 0 fully saturated rings. The molecule has 0 radical (unpaired) electrons. The normalized spacial score (nSPS) is 20.6. The van der Waals surface area contributed by atoms with Crippen molar-refractivity contribution in [2.75, 3.05) is 5.32 Å². The molecule has 1 unspecified atom stereocenters. The van der Waals surface area contributed by atoms with Crippen molar-refractivity contribution >= 4 is 15.7 Å². The van der Waals surface area contributed by atoms with E-state index >= 15 is 0 Å². The summed E-state index contributed by atoms with van der Waals surface area (Å²) in [5.74, 6) is 0. The van der Waals surface area contributed by atoms with Gasteiger partial charge in [0.15, 0.2) is 0 Å². The van der Waals surface area contributed by atoms with Crippen LogP contribution in [0, 0.1) is 6.92 Å². The second-order valence-electron chi connectivity index (χ2n) is 5.17. The number of sulfonamides is 1. The summed E-state index contributed by atoms with van der Waals surface area (Å²) in [6.45, 7) is 4.06. The van der Waals surface area contributed by atoms with Crippen molar-refractivity contribution in [3.63, 3.8) is 0 Å². The lowest BCUT2D eigenvalue weighted by Crippen LogP contribution is -2.44. The molecule has 0 saturated carbocycles. The second kappa shape index (κ2) is 5.92. The number of anilines is 1. The molecule has 1 atom stereocenters. The average Bonchev–Trinajstić information content (AvgIpc) is 2.35. The fourth-order valence-electron chi connectivity index (χ4n) is 2.35. The fraction of sp³-hybridized carbons (Fsp3) is 0.571. The molecule has 0 aromatic heterocycles. The summed E-state index contributed by atoms with van der Waals surface area (Å²) in [5.41, 5.74) is 1.66. The van der Waals surface area contributed by atoms with Crippen LogP contribution in [0.4, 0.5) is 5.69 Å². The molecule has 1 aliphatic rings. The Labute approximate surface area is 115 Å². The summed E-state index contributed by atoms with van der Waals surface area (Å²) >= 11 is 0. The zero-order valence-electron chi connectivity index (χ0n) is 11.6. The monoisotopic (exact) mass is 282 g/mol. The molecule has 0 spiro atoms. The van der Waals surface area contributed by atoms with E-state index in [-0.39, 0.29) is 6.17 Å². The van der Waals surface area contributed by atoms with E-state index in [9.17, 15) is 8.42 Å². The van der Waals surface area contributed by atoms with Crippen LogP contribution in [0.3, 0.4) is 0 Å². The minimum Gasteiger partial charge on any atom is -0.368 e. The van der Waals surface area contributed by atoms with Crippen molar-refractivity contribution in [1.29, 1.82) is 0 Å². The Bertz CT molecular complexity index is 540. The Morgan fingerprint density at radius 1 is 1.21 bits per heavy atom. The highest BCUT2D eigenvalue weighted by Gasteiger charge is 2.28. The van der Waals surface area contributed by atoms with Gasteiger partial charge in [-0.3, -0.25) is 0 Å². The van der Waals surface area contributed by atoms with Crippen LogP contribution in [-0.4, -0.2) is 14.6 Å². The van der Waals surface area contributed by atoms with Crippen LogP contribution >= 0.6 is 0 Å². The maximum absolute atomic E-state index is 12.2. The lowest BCUT2D eigenvalue weighted by Gasteiger charge is -2.28. The number of benzene rings is 1. The molecule has 106 valence electrons. The minimum absolute atomic E-state index is 0.183. The van der Waals surface area contributed by atoms with Crippen LogP contribution in [0.2, 0.25) is 0 Å². The van der Waals surface area contributed by atoms with Crippen LogP contribution < -0.4 is 10.0 Å². The van der Waals surface area contributed by atoms with E-state index in [1.165, 1.54) is 12.8 Å². The van der Waals surface area contributed by atoms with E-state index in [1.807, 2.05) is 19.1 Å². The zero-order chi connectivity index (χ0) is 13.9. The summed E-state index contributed by atoms with van der Waals surface area (Å²) in [6, 6.07) is 5.49. The van der Waals surface area contributed by atoms with E-state index in [0.717, 1.165) is 24.8 Å². The van der Waals surface area contributed by atoms with Crippen LogP contribution in [0.15, 0.2) is 23.1 Å². The summed E-state index contributed by atoms with van der Waals surface area (Å²) in [4.78, 5) is 0.359. The molecule has 1 aromatic rings. The number of unbranched alkanes of at least 4 members (excludes halogenated alkanes) is 3. The Kier molecular flexibility index (Phi) is 4.47. The van der Waals surface area contributed by atoms with Crippen LogP contribution in [0.1, 0.15) is 44.6 Å². The number of fused-ring (bicyclic) bond motifs is 1. The average molecular weight is 282 g/mol. The Hall–Kier alpha value is -1.07. The first-order valence-electron chi connectivity index (χ1n) is 6.92. The molecule has 1 aliphatic heterocycles. The maximum atomic E-state index is 12.2. The number of aryl methyl sites for hydroxylation is 1. The molecule has 19 heavy (non-hydrogen) atoms. The van der Waals surface area contributed by atoms with Crippen molar-refractivity contribution in [3.05, 3.63) is 23.8 Å². The van der Waals surface area contributed by atoms with E-state index in [2.05, 4.69) is 17.0 Å². The Morgan fingerprint density at radius 3 is 2.74 bits per heavy atom. The lowest BCUT2D eigenvalue weighted by molar-refractivity contribution is 0.520. The maximum Gasteiger partial charge on any atom is 0.244 e. The molecule has 0 amide bonds. The van der Waals surface area contributed by atoms with E-state index < -0.39 is 10.0 Å². The number of rotatable bonds is 5. The van der Waals surface area contributed by atoms with Crippen LogP contribution in [0.25, 0.3) is 0 Å². The number of nitrogens with one attached hydrogen (secondary N) is 2. The highest BCUT2D eigenvalue weighted by atomic mass is 32.2. The smallest absolute Gasteiger partial charge is 0.244 e. The molecule has 1 heterocycles. The van der Waals surface area contributed by atoms with Gasteiger partial charge in [-0.15, -0.1) is 0 Å². The van der Waals surface area contributed by atoms with Gasteiger partial charge >= 0.3 is 0 Å². The van der Waals surface area contributed by atoms with Gasteiger partial charge in [0.05, 0.1) is 11.9 Å². The molecule has 2 rings (SSSR count). The molecule has 2 N–H and O–H groups in total. The zero-order valence-corrected chi connectivity index (χ0v) is 12.4. The van der Waals surface area contributed by atoms with E-state index in [4.69, 9.17) is 0 Å². The highest BCUT2D eigenvalue weighted by molar-refractivity contribution is 7.89. The summed E-state index contributed by atoms with van der Waals surface area (Å²) in [7, 11) is -3.37. The van der Waals surface area contributed by atoms with Crippen molar-refractivity contribution < 1.29 is 8.42 Å². The molecule has 0 bridgehead atoms. The first-order chi connectivity index (χ1) is 9.03. The van der Waals surface area contributed by atoms with Gasteiger partial charge in [0.1, 0.15) is 4.90 Å². The molecule has 5 heteroatoms. The number of hydrogen-bond donors (Lipinski definition) is 2. The van der Waals surface area contributed by atoms with Gasteiger partial charge in [-0.25, -0.2) is 8.42 Å². The first-order valence-corrected chi connectivity index (χ1v) is 8.41. The molecule has 4 nitrogen and oxygen atoms in total. The third kappa shape index (κ3) is 3.48. The second-order valence-corrected chi connectivity index (χ2v) is 6.85. The van der Waals surface area contributed by atoms with Gasteiger partial charge in [0.2, 0.25) is 10.0 Å². The van der Waals surface area contributed by atoms with Gasteiger partial charge in [0.25, 0.3) is 0 Å². The highest BCUT2D eigenvalue weighted by Crippen LogP contribution is 2.27. The molecule has 1 aromatic carbocycles. The molecular formula is C14H22N2O2S. The SMILES string of the molecule is CCCCCCC1Nc2ccc(C)cc2S(=O)(=O)N1. The van der Waals surface area contributed by atoms with Crippen LogP contribution in [-0.2, 0) is 10.0 Å². The summed E-state index contributed by atoms with van der Waals surface area (Å²) in [5, 5.41) is 3.27. The number of hydrogen-bond acceptors (Lipinski definition) is 3. The fourth-order valence-corrected chi connectivity index (χ4v) is 3.78. The largest absolute Gasteiger partial charge is 0.368 e. The van der Waals surface area contributed by atoms with Crippen molar-refractivity contribution in [3.8, 4) is 0 Å². The topological polar surface area (TPSA) is 58.2 Å². The minimum atomic E-state index is -3.37. The quantitative estimate of drug-likeness (QED) is 0.816. The van der Waals surface area contributed by atoms with Crippen molar-refractivity contribution in [2.24, 2.45) is 0 Å². The standard InChI is InChI=1S/C14H22N2O2S/c1-3-4-5-6-7-14-15-12-9-8-11(2)10-13(12)19(17,18)16-14/h8-10,14-16H,3-7H2,1-2H3. The Balaban J connectivity index is 2.08. The predicted octanol–water partition coefficient (Wildman–Crippen LogP) is 3.00. The van der Waals surface area contributed by atoms with Crippen LogP contribution in [0.5, 0.6) is 0 Å². The van der Waals surface area contributed by atoms with Gasteiger partial charge < -0.3 is 5.32 Å². The summed E-state index contributed by atoms with van der Waals surface area (Å²) < 4.78 is 27.1. The van der Waals surface area contributed by atoms with Crippen molar-refractivity contribution in [2.45, 2.75) is 57.0 Å². The molecule has 0 aliphatic carbocycles. The van der Waals surface area contributed by atoms with Gasteiger partial charge in [-0.1, -0.05) is 38.7 Å². The third-order valence-electron chi connectivity index (χ3n) is 3.40. The molecule has 0 saturated heterocycles. The Morgan fingerprint density at radius 2 is 2.00 bits per heavy atom. The molecular weight excluding hydrogens is 260 g/mol. The first kappa shape index (κ1) is 14.3. The van der Waals surface area contributed by atoms with Crippen molar-refractivity contribution in [1.82, 2.24) is 4.72 Å². The van der Waals surface area contributed by atoms with Gasteiger partial charge in [-0.2, -0.15) is 4.72 Å². The summed E-state index contributed by atoms with van der Waals surface area (Å²) in [6.07, 6.45) is 5.22. The lowest BCUT2D eigenvalue weighted by atomic mass is 10.1. The van der Waals surface area contributed by atoms with Gasteiger partial charge in [0, 0.05) is 0 Å². The van der Waals surface area contributed by atoms with E-state index in [1.54, 1.807) is 6.07 Å². The van der Waals surface area contributed by atoms with Gasteiger partial charge in [-0.05, 0) is 31.0 Å².